The molecule has 19 heavy (non-hydrogen) atoms. The molecule has 0 aliphatic heterocycles. The Morgan fingerprint density at radius 2 is 1.95 bits per heavy atom. The Bertz CT molecular complexity index is 402. The highest BCUT2D eigenvalue weighted by Crippen LogP contribution is 2.37. The van der Waals surface area contributed by atoms with Gasteiger partial charge in [0.1, 0.15) is 5.75 Å². The Morgan fingerprint density at radius 1 is 1.26 bits per heavy atom. The van der Waals surface area contributed by atoms with Crippen molar-refractivity contribution in [2.24, 2.45) is 5.92 Å². The van der Waals surface area contributed by atoms with Crippen LogP contribution in [-0.2, 0) is 12.7 Å². The average Bonchev–Trinajstić information content (AvgIpc) is 2.33. The number of alkyl halides is 3. The molecule has 0 saturated carbocycles. The molecule has 1 rings (SSSR count). The Labute approximate surface area is 112 Å². The van der Waals surface area contributed by atoms with Gasteiger partial charge in [-0.2, -0.15) is 13.2 Å². The highest BCUT2D eigenvalue weighted by molar-refractivity contribution is 5.39. The molecule has 0 aliphatic carbocycles. The van der Waals surface area contributed by atoms with Gasteiger partial charge in [0, 0.05) is 6.54 Å². The highest BCUT2D eigenvalue weighted by Gasteiger charge is 2.34. The van der Waals surface area contributed by atoms with Crippen LogP contribution in [0.5, 0.6) is 5.75 Å². The Balaban J connectivity index is 2.96. The first-order valence-electron chi connectivity index (χ1n) is 6.38. The minimum absolute atomic E-state index is 0.0959. The van der Waals surface area contributed by atoms with Crippen molar-refractivity contribution in [3.63, 3.8) is 0 Å². The molecule has 0 bridgehead atoms. The summed E-state index contributed by atoms with van der Waals surface area (Å²) in [6.07, 6.45) is -4.39. The van der Waals surface area contributed by atoms with Crippen LogP contribution in [0.3, 0.4) is 0 Å². The lowest BCUT2D eigenvalue weighted by Gasteiger charge is -2.16. The minimum Gasteiger partial charge on any atom is -0.493 e. The number of hydrogen-bond acceptors (Lipinski definition) is 2. The molecule has 5 heteroatoms. The molecule has 0 heterocycles. The number of hydrogen-bond donors (Lipinski definition) is 1. The Hall–Kier alpha value is -1.23. The molecule has 0 fully saturated rings. The van der Waals surface area contributed by atoms with E-state index in [2.05, 4.69) is 5.32 Å². The molecular weight excluding hydrogens is 255 g/mol. The fourth-order valence-corrected chi connectivity index (χ4v) is 1.56. The quantitative estimate of drug-likeness (QED) is 0.851. The number of benzene rings is 1. The molecular formula is C14H20F3NO. The van der Waals surface area contributed by atoms with E-state index in [-0.39, 0.29) is 18.3 Å². The zero-order valence-corrected chi connectivity index (χ0v) is 11.5. The molecule has 1 aromatic rings. The predicted molar refractivity (Wildman–Crippen MR) is 69.2 cm³/mol. The van der Waals surface area contributed by atoms with E-state index in [1.165, 1.54) is 6.07 Å². The first kappa shape index (κ1) is 15.8. The molecule has 0 amide bonds. The smallest absolute Gasteiger partial charge is 0.419 e. The SMILES string of the molecule is CCNCc1ccc(OCC(C)C)c(C(F)(F)F)c1. The van der Waals surface area contributed by atoms with Gasteiger partial charge >= 0.3 is 6.18 Å². The summed E-state index contributed by atoms with van der Waals surface area (Å²) in [4.78, 5) is 0. The van der Waals surface area contributed by atoms with Crippen LogP contribution in [0.2, 0.25) is 0 Å². The summed E-state index contributed by atoms with van der Waals surface area (Å²) in [6, 6.07) is 4.21. The zero-order chi connectivity index (χ0) is 14.5. The van der Waals surface area contributed by atoms with Crippen LogP contribution >= 0.6 is 0 Å². The van der Waals surface area contributed by atoms with Crippen LogP contribution in [0.15, 0.2) is 18.2 Å². The second-order valence-electron chi connectivity index (χ2n) is 4.81. The average molecular weight is 275 g/mol. The van der Waals surface area contributed by atoms with E-state index in [1.807, 2.05) is 20.8 Å². The second-order valence-corrected chi connectivity index (χ2v) is 4.81. The molecule has 0 aromatic heterocycles. The van der Waals surface area contributed by atoms with Gasteiger partial charge in [0.05, 0.1) is 12.2 Å². The number of rotatable bonds is 6. The Kier molecular flexibility index (Phi) is 5.66. The summed E-state index contributed by atoms with van der Waals surface area (Å²) in [5.74, 6) is 0.0870. The zero-order valence-electron chi connectivity index (χ0n) is 11.5. The summed E-state index contributed by atoms with van der Waals surface area (Å²) in [6.45, 7) is 7.11. The van der Waals surface area contributed by atoms with Crippen molar-refractivity contribution >= 4 is 0 Å². The summed E-state index contributed by atoms with van der Waals surface area (Å²) < 4.78 is 44.2. The third-order valence-corrected chi connectivity index (χ3v) is 2.50. The molecule has 0 atom stereocenters. The molecule has 2 nitrogen and oxygen atoms in total. The van der Waals surface area contributed by atoms with Crippen molar-refractivity contribution < 1.29 is 17.9 Å². The third-order valence-electron chi connectivity index (χ3n) is 2.50. The molecule has 0 aliphatic rings. The second kappa shape index (κ2) is 6.80. The van der Waals surface area contributed by atoms with Gasteiger partial charge in [-0.15, -0.1) is 0 Å². The van der Waals surface area contributed by atoms with Gasteiger partial charge in [-0.05, 0) is 30.2 Å². The van der Waals surface area contributed by atoms with E-state index in [9.17, 15) is 13.2 Å². The molecule has 0 saturated heterocycles. The number of halogens is 3. The van der Waals surface area contributed by atoms with Crippen LogP contribution in [0, 0.1) is 5.92 Å². The summed E-state index contributed by atoms with van der Waals surface area (Å²) in [5.41, 5.74) is -0.102. The van der Waals surface area contributed by atoms with E-state index in [4.69, 9.17) is 4.74 Å². The molecule has 0 radical (unpaired) electrons. The van der Waals surface area contributed by atoms with Crippen LogP contribution in [0.1, 0.15) is 31.9 Å². The van der Waals surface area contributed by atoms with E-state index in [0.717, 1.165) is 6.07 Å². The Morgan fingerprint density at radius 3 is 2.47 bits per heavy atom. The minimum atomic E-state index is -4.39. The highest BCUT2D eigenvalue weighted by atomic mass is 19.4. The van der Waals surface area contributed by atoms with Crippen molar-refractivity contribution in [2.45, 2.75) is 33.5 Å². The van der Waals surface area contributed by atoms with Gasteiger partial charge in [-0.1, -0.05) is 26.8 Å². The summed E-state index contributed by atoms with van der Waals surface area (Å²) in [7, 11) is 0. The molecule has 1 N–H and O–H groups in total. The van der Waals surface area contributed by atoms with Gasteiger partial charge in [0.2, 0.25) is 0 Å². The fourth-order valence-electron chi connectivity index (χ4n) is 1.56. The van der Waals surface area contributed by atoms with Crippen molar-refractivity contribution in [3.05, 3.63) is 29.3 Å². The molecule has 1 aromatic carbocycles. The molecule has 0 spiro atoms. The van der Waals surface area contributed by atoms with Crippen LogP contribution in [0.25, 0.3) is 0 Å². The monoisotopic (exact) mass is 275 g/mol. The lowest BCUT2D eigenvalue weighted by Crippen LogP contribution is -2.15. The van der Waals surface area contributed by atoms with Crippen molar-refractivity contribution in [1.82, 2.24) is 5.32 Å². The first-order valence-corrected chi connectivity index (χ1v) is 6.38. The summed E-state index contributed by atoms with van der Waals surface area (Å²) >= 11 is 0. The van der Waals surface area contributed by atoms with Crippen LogP contribution in [0.4, 0.5) is 13.2 Å². The van der Waals surface area contributed by atoms with E-state index < -0.39 is 11.7 Å². The summed E-state index contributed by atoms with van der Waals surface area (Å²) in [5, 5.41) is 3.00. The predicted octanol–water partition coefficient (Wildman–Crippen LogP) is 3.85. The van der Waals surface area contributed by atoms with E-state index in [0.29, 0.717) is 18.7 Å². The largest absolute Gasteiger partial charge is 0.493 e. The topological polar surface area (TPSA) is 21.3 Å². The first-order chi connectivity index (χ1) is 8.84. The van der Waals surface area contributed by atoms with E-state index >= 15 is 0 Å². The van der Waals surface area contributed by atoms with Gasteiger partial charge in [0.25, 0.3) is 0 Å². The van der Waals surface area contributed by atoms with Crippen molar-refractivity contribution in [3.8, 4) is 5.75 Å². The lowest BCUT2D eigenvalue weighted by atomic mass is 10.1. The molecule has 0 unspecified atom stereocenters. The fraction of sp³-hybridized carbons (Fsp3) is 0.571. The maximum atomic E-state index is 13.0. The number of nitrogens with one attached hydrogen (secondary N) is 1. The lowest BCUT2D eigenvalue weighted by molar-refractivity contribution is -0.139. The number of ether oxygens (including phenoxy) is 1. The van der Waals surface area contributed by atoms with Gasteiger partial charge < -0.3 is 10.1 Å². The van der Waals surface area contributed by atoms with Crippen LogP contribution < -0.4 is 10.1 Å². The standard InChI is InChI=1S/C14H20F3NO/c1-4-18-8-11-5-6-13(19-9-10(2)3)12(7-11)14(15,16)17/h5-7,10,18H,4,8-9H2,1-3H3. The van der Waals surface area contributed by atoms with Crippen LogP contribution in [-0.4, -0.2) is 13.2 Å². The maximum absolute atomic E-state index is 13.0. The maximum Gasteiger partial charge on any atom is 0.419 e. The molecule has 108 valence electrons. The van der Waals surface area contributed by atoms with Crippen molar-refractivity contribution in [2.75, 3.05) is 13.2 Å². The van der Waals surface area contributed by atoms with Crippen molar-refractivity contribution in [1.29, 1.82) is 0 Å². The third kappa shape index (κ3) is 5.11. The van der Waals surface area contributed by atoms with Gasteiger partial charge in [-0.3, -0.25) is 0 Å². The van der Waals surface area contributed by atoms with E-state index in [1.54, 1.807) is 6.07 Å². The van der Waals surface area contributed by atoms with Gasteiger partial charge in [-0.25, -0.2) is 0 Å². The normalized spacial score (nSPS) is 11.9. The van der Waals surface area contributed by atoms with Gasteiger partial charge in [0.15, 0.2) is 0 Å².